The molecule has 0 N–H and O–H groups in total. The summed E-state index contributed by atoms with van der Waals surface area (Å²) >= 11 is 7.35. The molecule has 2 heterocycles. The molecule has 9 heteroatoms. The third kappa shape index (κ3) is 4.39. The molecule has 0 aliphatic carbocycles. The maximum atomic E-state index is 12.5. The van der Waals surface area contributed by atoms with E-state index in [0.717, 1.165) is 15.8 Å². The fourth-order valence-electron chi connectivity index (χ4n) is 2.94. The van der Waals surface area contributed by atoms with Crippen LogP contribution in [0.15, 0.2) is 47.5 Å². The van der Waals surface area contributed by atoms with Gasteiger partial charge in [-0.1, -0.05) is 29.0 Å². The predicted octanol–water partition coefficient (Wildman–Crippen LogP) is 3.79. The maximum Gasteiger partial charge on any atom is 0.326 e. The van der Waals surface area contributed by atoms with Crippen LogP contribution in [0.1, 0.15) is 12.5 Å². The van der Waals surface area contributed by atoms with Gasteiger partial charge in [-0.25, -0.2) is 0 Å². The Balaban J connectivity index is 1.65. The van der Waals surface area contributed by atoms with Gasteiger partial charge >= 0.3 is 5.97 Å². The minimum absolute atomic E-state index is 0.0482. The minimum atomic E-state index is -0.456. The lowest BCUT2D eigenvalue weighted by Gasteiger charge is -2.04. The van der Waals surface area contributed by atoms with E-state index in [1.54, 1.807) is 47.9 Å². The van der Waals surface area contributed by atoms with Crippen molar-refractivity contribution in [2.75, 3.05) is 13.4 Å². The second-order valence-electron chi connectivity index (χ2n) is 6.28. The SMILES string of the molecule is CCOC(=O)Cn1c(=NC(=O)C=Cc2ccc3c(c2)OCO3)sc2cc(Cl)ccc21. The molecular formula is C21H17ClN2O5S. The number of amides is 1. The van der Waals surface area contributed by atoms with E-state index in [0.29, 0.717) is 21.3 Å². The van der Waals surface area contributed by atoms with E-state index < -0.39 is 11.9 Å². The minimum Gasteiger partial charge on any atom is -0.465 e. The second-order valence-corrected chi connectivity index (χ2v) is 7.73. The normalized spacial score (nSPS) is 13.3. The number of esters is 1. The van der Waals surface area contributed by atoms with E-state index in [1.807, 2.05) is 6.07 Å². The van der Waals surface area contributed by atoms with Crippen LogP contribution < -0.4 is 14.3 Å². The van der Waals surface area contributed by atoms with Gasteiger partial charge in [0, 0.05) is 11.1 Å². The average molecular weight is 445 g/mol. The van der Waals surface area contributed by atoms with Crippen molar-refractivity contribution in [3.05, 3.63) is 57.9 Å². The zero-order valence-electron chi connectivity index (χ0n) is 16.0. The van der Waals surface area contributed by atoms with Gasteiger partial charge in [-0.2, -0.15) is 4.99 Å². The van der Waals surface area contributed by atoms with Crippen molar-refractivity contribution in [1.29, 1.82) is 0 Å². The van der Waals surface area contributed by atoms with Crippen molar-refractivity contribution in [2.24, 2.45) is 4.99 Å². The molecular weight excluding hydrogens is 428 g/mol. The number of carbonyl (C=O) groups is 2. The summed E-state index contributed by atoms with van der Waals surface area (Å²) in [6.07, 6.45) is 3.01. The fourth-order valence-corrected chi connectivity index (χ4v) is 4.25. The molecule has 1 aliphatic rings. The van der Waals surface area contributed by atoms with Crippen LogP contribution in [0.4, 0.5) is 0 Å². The van der Waals surface area contributed by atoms with E-state index in [9.17, 15) is 9.59 Å². The summed E-state index contributed by atoms with van der Waals surface area (Å²) < 4.78 is 18.1. The van der Waals surface area contributed by atoms with Crippen molar-refractivity contribution >= 4 is 51.1 Å². The molecule has 0 atom stereocenters. The Morgan fingerprint density at radius 2 is 2.07 bits per heavy atom. The summed E-state index contributed by atoms with van der Waals surface area (Å²) in [7, 11) is 0. The quantitative estimate of drug-likeness (QED) is 0.442. The summed E-state index contributed by atoms with van der Waals surface area (Å²) in [5, 5.41) is 0.563. The highest BCUT2D eigenvalue weighted by atomic mass is 35.5. The third-order valence-corrected chi connectivity index (χ3v) is 5.53. The highest BCUT2D eigenvalue weighted by Crippen LogP contribution is 2.32. The molecule has 154 valence electrons. The molecule has 0 radical (unpaired) electrons. The van der Waals surface area contributed by atoms with Crippen LogP contribution in [0.2, 0.25) is 5.02 Å². The first-order chi connectivity index (χ1) is 14.5. The third-order valence-electron chi connectivity index (χ3n) is 4.26. The molecule has 0 spiro atoms. The lowest BCUT2D eigenvalue weighted by atomic mass is 10.2. The molecule has 7 nitrogen and oxygen atoms in total. The Morgan fingerprint density at radius 1 is 1.23 bits per heavy atom. The summed E-state index contributed by atoms with van der Waals surface area (Å²) in [6, 6.07) is 10.7. The molecule has 0 fully saturated rings. The van der Waals surface area contributed by atoms with Crippen LogP contribution in [0.5, 0.6) is 11.5 Å². The van der Waals surface area contributed by atoms with Crippen LogP contribution in [-0.4, -0.2) is 29.8 Å². The second kappa shape index (κ2) is 8.73. The van der Waals surface area contributed by atoms with E-state index >= 15 is 0 Å². The van der Waals surface area contributed by atoms with Crippen LogP contribution in [0, 0.1) is 0 Å². The van der Waals surface area contributed by atoms with Gasteiger partial charge in [0.25, 0.3) is 5.91 Å². The van der Waals surface area contributed by atoms with Gasteiger partial charge in [-0.15, -0.1) is 0 Å². The smallest absolute Gasteiger partial charge is 0.326 e. The van der Waals surface area contributed by atoms with Gasteiger partial charge in [0.1, 0.15) is 6.54 Å². The predicted molar refractivity (Wildman–Crippen MR) is 114 cm³/mol. The number of hydrogen-bond acceptors (Lipinski definition) is 6. The van der Waals surface area contributed by atoms with Gasteiger partial charge in [0.05, 0.1) is 16.8 Å². The van der Waals surface area contributed by atoms with Gasteiger partial charge in [0.15, 0.2) is 16.3 Å². The Hall–Kier alpha value is -3.10. The van der Waals surface area contributed by atoms with Crippen LogP contribution in [-0.2, 0) is 20.9 Å². The van der Waals surface area contributed by atoms with Crippen LogP contribution >= 0.6 is 22.9 Å². The van der Waals surface area contributed by atoms with Crippen molar-refractivity contribution in [1.82, 2.24) is 4.57 Å². The first kappa shape index (κ1) is 20.2. The molecule has 0 bridgehead atoms. The van der Waals surface area contributed by atoms with Gasteiger partial charge < -0.3 is 18.8 Å². The Kier molecular flexibility index (Phi) is 5.87. The largest absolute Gasteiger partial charge is 0.465 e. The van der Waals surface area contributed by atoms with E-state index in [-0.39, 0.29) is 19.9 Å². The molecule has 0 saturated heterocycles. The molecule has 4 rings (SSSR count). The maximum absolute atomic E-state index is 12.5. The van der Waals surface area contributed by atoms with Gasteiger partial charge in [0.2, 0.25) is 6.79 Å². The number of thiazole rings is 1. The van der Waals surface area contributed by atoms with Crippen molar-refractivity contribution in [3.63, 3.8) is 0 Å². The molecule has 30 heavy (non-hydrogen) atoms. The Morgan fingerprint density at radius 3 is 2.90 bits per heavy atom. The average Bonchev–Trinajstić information content (AvgIpc) is 3.30. The number of ether oxygens (including phenoxy) is 3. The monoisotopic (exact) mass is 444 g/mol. The van der Waals surface area contributed by atoms with Gasteiger partial charge in [-0.05, 0) is 48.9 Å². The molecule has 0 unspecified atom stereocenters. The first-order valence-corrected chi connectivity index (χ1v) is 10.3. The molecule has 0 saturated carbocycles. The highest BCUT2D eigenvalue weighted by Gasteiger charge is 2.13. The number of carbonyl (C=O) groups excluding carboxylic acids is 2. The molecule has 3 aromatic rings. The van der Waals surface area contributed by atoms with Gasteiger partial charge in [-0.3, -0.25) is 9.59 Å². The van der Waals surface area contributed by atoms with Crippen molar-refractivity contribution < 1.29 is 23.8 Å². The van der Waals surface area contributed by atoms with Crippen LogP contribution in [0.3, 0.4) is 0 Å². The Labute approximate surface area is 180 Å². The number of rotatable bonds is 5. The molecule has 1 aliphatic heterocycles. The summed E-state index contributed by atoms with van der Waals surface area (Å²) in [5.41, 5.74) is 1.54. The van der Waals surface area contributed by atoms with E-state index in [4.69, 9.17) is 25.8 Å². The number of benzene rings is 2. The zero-order valence-corrected chi connectivity index (χ0v) is 17.5. The standard InChI is InChI=1S/C21H17ClN2O5S/c1-2-27-20(26)11-24-15-6-5-14(22)10-18(15)30-21(24)23-19(25)8-4-13-3-7-16-17(9-13)29-12-28-16/h3-10H,2,11-12H2,1H3. The molecule has 2 aromatic carbocycles. The van der Waals surface area contributed by atoms with E-state index in [2.05, 4.69) is 4.99 Å². The molecule has 1 amide bonds. The van der Waals surface area contributed by atoms with E-state index in [1.165, 1.54) is 17.4 Å². The number of nitrogens with zero attached hydrogens (tertiary/aromatic N) is 2. The van der Waals surface area contributed by atoms with Crippen LogP contribution in [0.25, 0.3) is 16.3 Å². The van der Waals surface area contributed by atoms with Crippen molar-refractivity contribution in [3.8, 4) is 11.5 Å². The lowest BCUT2D eigenvalue weighted by molar-refractivity contribution is -0.143. The summed E-state index contributed by atoms with van der Waals surface area (Å²) in [5.74, 6) is 0.446. The highest BCUT2D eigenvalue weighted by molar-refractivity contribution is 7.16. The summed E-state index contributed by atoms with van der Waals surface area (Å²) in [6.45, 7) is 2.15. The first-order valence-electron chi connectivity index (χ1n) is 9.14. The molecule has 1 aromatic heterocycles. The fraction of sp³-hybridized carbons (Fsp3) is 0.190. The number of aromatic nitrogens is 1. The number of hydrogen-bond donors (Lipinski definition) is 0. The van der Waals surface area contributed by atoms with Crippen molar-refractivity contribution in [2.45, 2.75) is 13.5 Å². The topological polar surface area (TPSA) is 79.1 Å². The Bertz CT molecular complexity index is 1230. The number of fused-ring (bicyclic) bond motifs is 2. The number of halogens is 1. The summed E-state index contributed by atoms with van der Waals surface area (Å²) in [4.78, 5) is 29.1. The zero-order chi connectivity index (χ0) is 21.1. The lowest BCUT2D eigenvalue weighted by Crippen LogP contribution is -2.22.